The van der Waals surface area contributed by atoms with Crippen molar-refractivity contribution in [3.8, 4) is 5.75 Å². The van der Waals surface area contributed by atoms with E-state index in [0.29, 0.717) is 35.7 Å². The largest absolute Gasteiger partial charge is 0.494 e. The van der Waals surface area contributed by atoms with Gasteiger partial charge < -0.3 is 15.4 Å². The normalized spacial score (nSPS) is 10.2. The van der Waals surface area contributed by atoms with E-state index in [1.807, 2.05) is 43.3 Å². The average molecular weight is 374 g/mol. The molecule has 3 aromatic carbocycles. The standard InChI is InChI=1S/C23H22N2O3/c1-2-28-21-13-6-10-18(15-21)23(27)25-20-12-7-11-19(16-20)24-22(26)14-17-8-4-3-5-9-17/h3-13,15-16H,2,14H2,1H3,(H,24,26)(H,25,27). The summed E-state index contributed by atoms with van der Waals surface area (Å²) in [4.78, 5) is 24.7. The number of rotatable bonds is 7. The summed E-state index contributed by atoms with van der Waals surface area (Å²) in [6.45, 7) is 2.43. The maximum absolute atomic E-state index is 12.5. The zero-order valence-electron chi connectivity index (χ0n) is 15.6. The van der Waals surface area contributed by atoms with E-state index in [1.165, 1.54) is 0 Å². The lowest BCUT2D eigenvalue weighted by molar-refractivity contribution is -0.115. The molecule has 2 N–H and O–H groups in total. The van der Waals surface area contributed by atoms with Gasteiger partial charge in [0.05, 0.1) is 13.0 Å². The molecule has 0 atom stereocenters. The highest BCUT2D eigenvalue weighted by Crippen LogP contribution is 2.18. The van der Waals surface area contributed by atoms with Crippen molar-refractivity contribution in [2.24, 2.45) is 0 Å². The summed E-state index contributed by atoms with van der Waals surface area (Å²) in [5.41, 5.74) is 2.68. The van der Waals surface area contributed by atoms with Gasteiger partial charge in [-0.1, -0.05) is 42.5 Å². The number of ether oxygens (including phenoxy) is 1. The van der Waals surface area contributed by atoms with Gasteiger partial charge in [0, 0.05) is 16.9 Å². The minimum Gasteiger partial charge on any atom is -0.494 e. The minimum atomic E-state index is -0.241. The zero-order valence-corrected chi connectivity index (χ0v) is 15.6. The van der Waals surface area contributed by atoms with Crippen molar-refractivity contribution in [1.82, 2.24) is 0 Å². The average Bonchev–Trinajstić information content (AvgIpc) is 2.69. The first-order valence-corrected chi connectivity index (χ1v) is 9.12. The van der Waals surface area contributed by atoms with Crippen molar-refractivity contribution in [2.75, 3.05) is 17.2 Å². The molecule has 2 amide bonds. The van der Waals surface area contributed by atoms with Gasteiger partial charge in [-0.15, -0.1) is 0 Å². The summed E-state index contributed by atoms with van der Waals surface area (Å²) >= 11 is 0. The number of carbonyl (C=O) groups is 2. The summed E-state index contributed by atoms with van der Waals surface area (Å²) in [5, 5.41) is 5.70. The van der Waals surface area contributed by atoms with Crippen molar-refractivity contribution >= 4 is 23.2 Å². The summed E-state index contributed by atoms with van der Waals surface area (Å²) in [6, 6.07) is 23.6. The van der Waals surface area contributed by atoms with E-state index in [9.17, 15) is 9.59 Å². The van der Waals surface area contributed by atoms with Crippen LogP contribution in [0.1, 0.15) is 22.8 Å². The summed E-state index contributed by atoms with van der Waals surface area (Å²) in [7, 11) is 0. The smallest absolute Gasteiger partial charge is 0.255 e. The zero-order chi connectivity index (χ0) is 19.8. The molecule has 0 aliphatic rings. The van der Waals surface area contributed by atoms with Crippen LogP contribution in [0.2, 0.25) is 0 Å². The quantitative estimate of drug-likeness (QED) is 0.639. The van der Waals surface area contributed by atoms with Gasteiger partial charge in [-0.2, -0.15) is 0 Å². The first-order chi connectivity index (χ1) is 13.6. The van der Waals surface area contributed by atoms with Gasteiger partial charge in [0.2, 0.25) is 5.91 Å². The Bertz CT molecular complexity index is 955. The molecule has 28 heavy (non-hydrogen) atoms. The van der Waals surface area contributed by atoms with Crippen LogP contribution in [0.15, 0.2) is 78.9 Å². The summed E-state index contributed by atoms with van der Waals surface area (Å²) in [5.74, 6) is 0.297. The maximum atomic E-state index is 12.5. The molecular formula is C23H22N2O3. The third-order valence-corrected chi connectivity index (χ3v) is 4.02. The Hall–Kier alpha value is -3.60. The topological polar surface area (TPSA) is 67.4 Å². The summed E-state index contributed by atoms with van der Waals surface area (Å²) in [6.07, 6.45) is 0.293. The Morgan fingerprint density at radius 3 is 2.29 bits per heavy atom. The molecule has 0 spiro atoms. The van der Waals surface area contributed by atoms with Gasteiger partial charge in [-0.3, -0.25) is 9.59 Å². The van der Waals surface area contributed by atoms with E-state index in [2.05, 4.69) is 10.6 Å². The monoisotopic (exact) mass is 374 g/mol. The highest BCUT2D eigenvalue weighted by atomic mass is 16.5. The second kappa shape index (κ2) is 9.37. The second-order valence-electron chi connectivity index (χ2n) is 6.21. The number of amides is 2. The van der Waals surface area contributed by atoms with Crippen LogP contribution >= 0.6 is 0 Å². The van der Waals surface area contributed by atoms with Crippen LogP contribution in [-0.4, -0.2) is 18.4 Å². The van der Waals surface area contributed by atoms with Crippen LogP contribution in [0.3, 0.4) is 0 Å². The predicted octanol–water partition coefficient (Wildman–Crippen LogP) is 4.52. The first-order valence-electron chi connectivity index (χ1n) is 9.12. The Balaban J connectivity index is 1.63. The SMILES string of the molecule is CCOc1cccc(C(=O)Nc2cccc(NC(=O)Cc3ccccc3)c2)c1. The molecule has 0 aliphatic heterocycles. The van der Waals surface area contributed by atoms with Gasteiger partial charge in [-0.05, 0) is 48.9 Å². The van der Waals surface area contributed by atoms with Crippen molar-refractivity contribution < 1.29 is 14.3 Å². The Morgan fingerprint density at radius 2 is 1.54 bits per heavy atom. The molecule has 0 aromatic heterocycles. The van der Waals surface area contributed by atoms with Crippen molar-refractivity contribution in [3.63, 3.8) is 0 Å². The van der Waals surface area contributed by atoms with Crippen molar-refractivity contribution in [3.05, 3.63) is 90.0 Å². The molecule has 0 saturated carbocycles. The van der Waals surface area contributed by atoms with Crippen LogP contribution in [0, 0.1) is 0 Å². The fraction of sp³-hybridized carbons (Fsp3) is 0.130. The van der Waals surface area contributed by atoms with Gasteiger partial charge >= 0.3 is 0 Å². The molecule has 0 bridgehead atoms. The van der Waals surface area contributed by atoms with Gasteiger partial charge in [0.25, 0.3) is 5.91 Å². The molecule has 3 rings (SSSR count). The van der Waals surface area contributed by atoms with Gasteiger partial charge in [0.1, 0.15) is 5.75 Å². The third kappa shape index (κ3) is 5.45. The van der Waals surface area contributed by atoms with Crippen LogP contribution < -0.4 is 15.4 Å². The first kappa shape index (κ1) is 19.2. The van der Waals surface area contributed by atoms with E-state index in [-0.39, 0.29) is 11.8 Å². The Kier molecular flexibility index (Phi) is 6.41. The Morgan fingerprint density at radius 1 is 0.821 bits per heavy atom. The molecule has 5 nitrogen and oxygen atoms in total. The maximum Gasteiger partial charge on any atom is 0.255 e. The van der Waals surface area contributed by atoms with E-state index in [1.54, 1.807) is 42.5 Å². The van der Waals surface area contributed by atoms with Crippen LogP contribution in [0.4, 0.5) is 11.4 Å². The lowest BCUT2D eigenvalue weighted by Crippen LogP contribution is -2.15. The number of hydrogen-bond acceptors (Lipinski definition) is 3. The van der Waals surface area contributed by atoms with Gasteiger partial charge in [0.15, 0.2) is 0 Å². The molecule has 5 heteroatoms. The molecule has 0 aliphatic carbocycles. The molecule has 142 valence electrons. The van der Waals surface area contributed by atoms with Crippen molar-refractivity contribution in [1.29, 1.82) is 0 Å². The Labute approximate surface area is 164 Å². The lowest BCUT2D eigenvalue weighted by Gasteiger charge is -2.10. The number of benzene rings is 3. The molecule has 0 fully saturated rings. The van der Waals surface area contributed by atoms with E-state index >= 15 is 0 Å². The lowest BCUT2D eigenvalue weighted by atomic mass is 10.1. The molecule has 3 aromatic rings. The molecule has 0 radical (unpaired) electrons. The van der Waals surface area contributed by atoms with E-state index in [0.717, 1.165) is 5.56 Å². The highest BCUT2D eigenvalue weighted by molar-refractivity contribution is 6.05. The fourth-order valence-electron chi connectivity index (χ4n) is 2.76. The second-order valence-corrected chi connectivity index (χ2v) is 6.21. The number of anilines is 2. The van der Waals surface area contributed by atoms with Crippen LogP contribution in [0.25, 0.3) is 0 Å². The minimum absolute atomic E-state index is 0.112. The van der Waals surface area contributed by atoms with E-state index < -0.39 is 0 Å². The number of nitrogens with one attached hydrogen (secondary N) is 2. The van der Waals surface area contributed by atoms with Crippen LogP contribution in [0.5, 0.6) is 5.75 Å². The fourth-order valence-corrected chi connectivity index (χ4v) is 2.76. The molecule has 0 heterocycles. The highest BCUT2D eigenvalue weighted by Gasteiger charge is 2.09. The predicted molar refractivity (Wildman–Crippen MR) is 111 cm³/mol. The number of carbonyl (C=O) groups excluding carboxylic acids is 2. The van der Waals surface area contributed by atoms with Crippen molar-refractivity contribution in [2.45, 2.75) is 13.3 Å². The molecular weight excluding hydrogens is 352 g/mol. The molecule has 0 unspecified atom stereocenters. The third-order valence-electron chi connectivity index (χ3n) is 4.02. The molecule has 0 saturated heterocycles. The summed E-state index contributed by atoms with van der Waals surface area (Å²) < 4.78 is 5.43. The van der Waals surface area contributed by atoms with Gasteiger partial charge in [-0.25, -0.2) is 0 Å². The van der Waals surface area contributed by atoms with E-state index in [4.69, 9.17) is 4.74 Å². The van der Waals surface area contributed by atoms with Crippen LogP contribution in [-0.2, 0) is 11.2 Å². The number of hydrogen-bond donors (Lipinski definition) is 2.